The van der Waals surface area contributed by atoms with Crippen LogP contribution in [0.4, 0.5) is 0 Å². The molecule has 1 saturated heterocycles. The zero-order chi connectivity index (χ0) is 20.4. The van der Waals surface area contributed by atoms with Gasteiger partial charge in [0.2, 0.25) is 10.0 Å². The van der Waals surface area contributed by atoms with Crippen LogP contribution >= 0.6 is 0 Å². The van der Waals surface area contributed by atoms with Crippen LogP contribution in [-0.4, -0.2) is 42.8 Å². The molecule has 1 unspecified atom stereocenters. The molecule has 1 aliphatic heterocycles. The normalized spacial score (nSPS) is 17.9. The summed E-state index contributed by atoms with van der Waals surface area (Å²) in [6.07, 6.45) is 2.53. The molecule has 0 aliphatic carbocycles. The lowest BCUT2D eigenvalue weighted by atomic mass is 10.1. The summed E-state index contributed by atoms with van der Waals surface area (Å²) in [5.74, 6) is -0.192. The number of carbonyl (C=O) groups is 1. The molecule has 0 spiro atoms. The van der Waals surface area contributed by atoms with Crippen LogP contribution in [0.3, 0.4) is 0 Å². The van der Waals surface area contributed by atoms with E-state index in [4.69, 9.17) is 10.5 Å². The Labute approximate surface area is 169 Å². The maximum absolute atomic E-state index is 13.3. The Hall–Kier alpha value is -2.97. The molecule has 1 aromatic heterocycles. The van der Waals surface area contributed by atoms with Crippen LogP contribution in [0.15, 0.2) is 65.7 Å². The molecule has 1 aliphatic rings. The number of fused-ring (bicyclic) bond motifs is 1. The zero-order valence-electron chi connectivity index (χ0n) is 15.7. The number of ether oxygens (including phenoxy) is 1. The van der Waals surface area contributed by atoms with Gasteiger partial charge in [0, 0.05) is 24.2 Å². The predicted octanol–water partition coefficient (Wildman–Crippen LogP) is 2.57. The van der Waals surface area contributed by atoms with Crippen LogP contribution in [-0.2, 0) is 10.0 Å². The number of nitrogens with zero attached hydrogens (tertiary/aromatic N) is 2. The molecule has 4 rings (SSSR count). The maximum atomic E-state index is 13.3. The van der Waals surface area contributed by atoms with E-state index in [0.29, 0.717) is 29.0 Å². The second-order valence-electron chi connectivity index (χ2n) is 6.96. The topological polar surface area (TPSA) is 103 Å². The molecule has 1 fully saturated rings. The smallest absolute Gasteiger partial charge is 0.267 e. The van der Waals surface area contributed by atoms with E-state index in [0.717, 1.165) is 11.8 Å². The highest BCUT2D eigenvalue weighted by atomic mass is 32.2. The molecule has 2 aromatic carbocycles. The Balaban J connectivity index is 1.57. The summed E-state index contributed by atoms with van der Waals surface area (Å²) in [6.45, 7) is 0.675. The van der Waals surface area contributed by atoms with Crippen molar-refractivity contribution in [2.24, 2.45) is 5.73 Å². The SMILES string of the molecule is NC(=O)c1cc(OC2CCCN(S(=O)(=O)c3cccc4ccccc34)C2)ccn1. The molecule has 1 atom stereocenters. The Bertz CT molecular complexity index is 1160. The van der Waals surface area contributed by atoms with Gasteiger partial charge in [-0.2, -0.15) is 4.31 Å². The van der Waals surface area contributed by atoms with Gasteiger partial charge < -0.3 is 10.5 Å². The fourth-order valence-electron chi connectivity index (χ4n) is 3.59. The van der Waals surface area contributed by atoms with Crippen LogP contribution in [0, 0.1) is 0 Å². The van der Waals surface area contributed by atoms with Gasteiger partial charge in [0.25, 0.3) is 5.91 Å². The number of amides is 1. The summed E-state index contributed by atoms with van der Waals surface area (Å²) < 4.78 is 34.1. The molecule has 1 amide bonds. The molecular formula is C21H21N3O4S. The van der Waals surface area contributed by atoms with Crippen molar-refractivity contribution in [3.63, 3.8) is 0 Å². The molecule has 2 N–H and O–H groups in total. The minimum Gasteiger partial charge on any atom is -0.489 e. The van der Waals surface area contributed by atoms with E-state index < -0.39 is 15.9 Å². The lowest BCUT2D eigenvalue weighted by Gasteiger charge is -2.32. The minimum atomic E-state index is -3.67. The number of aromatic nitrogens is 1. The molecule has 3 aromatic rings. The van der Waals surface area contributed by atoms with Crippen molar-refractivity contribution in [3.8, 4) is 5.75 Å². The van der Waals surface area contributed by atoms with Gasteiger partial charge in [-0.3, -0.25) is 9.78 Å². The van der Waals surface area contributed by atoms with E-state index in [2.05, 4.69) is 4.98 Å². The molecule has 150 valence electrons. The fourth-order valence-corrected chi connectivity index (χ4v) is 5.32. The quantitative estimate of drug-likeness (QED) is 0.695. The second-order valence-corrected chi connectivity index (χ2v) is 8.87. The number of piperidine rings is 1. The minimum absolute atomic E-state index is 0.110. The van der Waals surface area contributed by atoms with Crippen LogP contribution in [0.2, 0.25) is 0 Å². The molecular weight excluding hydrogens is 390 g/mol. The Morgan fingerprint density at radius 3 is 2.76 bits per heavy atom. The number of benzene rings is 2. The van der Waals surface area contributed by atoms with E-state index >= 15 is 0 Å². The highest BCUT2D eigenvalue weighted by molar-refractivity contribution is 7.89. The van der Waals surface area contributed by atoms with Crippen LogP contribution in [0.1, 0.15) is 23.3 Å². The predicted molar refractivity (Wildman–Crippen MR) is 109 cm³/mol. The second kappa shape index (κ2) is 7.81. The highest BCUT2D eigenvalue weighted by Crippen LogP contribution is 2.28. The molecule has 29 heavy (non-hydrogen) atoms. The fraction of sp³-hybridized carbons (Fsp3) is 0.238. The third-order valence-corrected chi connectivity index (χ3v) is 6.92. The first-order chi connectivity index (χ1) is 13.9. The number of nitrogens with two attached hydrogens (primary N) is 1. The van der Waals surface area contributed by atoms with Gasteiger partial charge >= 0.3 is 0 Å². The van der Waals surface area contributed by atoms with Crippen molar-refractivity contribution in [2.75, 3.05) is 13.1 Å². The first kappa shape index (κ1) is 19.4. The first-order valence-corrected chi connectivity index (χ1v) is 10.8. The first-order valence-electron chi connectivity index (χ1n) is 9.35. The number of carbonyl (C=O) groups excluding carboxylic acids is 1. The Morgan fingerprint density at radius 2 is 1.93 bits per heavy atom. The van der Waals surface area contributed by atoms with Crippen LogP contribution in [0.25, 0.3) is 10.8 Å². The van der Waals surface area contributed by atoms with Crippen LogP contribution in [0.5, 0.6) is 5.75 Å². The van der Waals surface area contributed by atoms with Gasteiger partial charge in [0.15, 0.2) is 0 Å². The summed E-state index contributed by atoms with van der Waals surface area (Å²) in [7, 11) is -3.67. The zero-order valence-corrected chi connectivity index (χ0v) is 16.5. The Kier molecular flexibility index (Phi) is 5.21. The molecule has 0 bridgehead atoms. The van der Waals surface area contributed by atoms with Gasteiger partial charge in [0.1, 0.15) is 17.5 Å². The van der Waals surface area contributed by atoms with Crippen molar-refractivity contribution in [1.82, 2.24) is 9.29 Å². The molecule has 7 nitrogen and oxygen atoms in total. The van der Waals surface area contributed by atoms with Crippen molar-refractivity contribution >= 4 is 26.7 Å². The monoisotopic (exact) mass is 411 g/mol. The largest absolute Gasteiger partial charge is 0.489 e. The van der Waals surface area contributed by atoms with Gasteiger partial charge in [0.05, 0.1) is 11.4 Å². The lowest BCUT2D eigenvalue weighted by molar-refractivity contribution is 0.0993. The number of primary amides is 1. The van der Waals surface area contributed by atoms with Crippen LogP contribution < -0.4 is 10.5 Å². The van der Waals surface area contributed by atoms with Crippen molar-refractivity contribution in [1.29, 1.82) is 0 Å². The van der Waals surface area contributed by atoms with Gasteiger partial charge in [-0.05, 0) is 30.4 Å². The number of rotatable bonds is 5. The summed E-state index contributed by atoms with van der Waals surface area (Å²) in [5, 5.41) is 1.59. The Morgan fingerprint density at radius 1 is 1.14 bits per heavy atom. The number of pyridine rings is 1. The van der Waals surface area contributed by atoms with E-state index in [1.165, 1.54) is 16.6 Å². The third kappa shape index (κ3) is 3.94. The molecule has 8 heteroatoms. The summed E-state index contributed by atoms with van der Waals surface area (Å²) in [6, 6.07) is 15.8. The van der Waals surface area contributed by atoms with Gasteiger partial charge in [-0.1, -0.05) is 36.4 Å². The summed E-state index contributed by atoms with van der Waals surface area (Å²) in [5.41, 5.74) is 5.37. The lowest BCUT2D eigenvalue weighted by Crippen LogP contribution is -2.44. The summed E-state index contributed by atoms with van der Waals surface area (Å²) >= 11 is 0. The number of sulfonamides is 1. The number of hydrogen-bond donors (Lipinski definition) is 1. The average molecular weight is 411 g/mol. The van der Waals surface area contributed by atoms with E-state index in [1.807, 2.05) is 30.3 Å². The molecule has 2 heterocycles. The van der Waals surface area contributed by atoms with E-state index in [-0.39, 0.29) is 18.3 Å². The maximum Gasteiger partial charge on any atom is 0.267 e. The van der Waals surface area contributed by atoms with Gasteiger partial charge in [-0.15, -0.1) is 0 Å². The van der Waals surface area contributed by atoms with E-state index in [9.17, 15) is 13.2 Å². The van der Waals surface area contributed by atoms with Crippen molar-refractivity contribution in [3.05, 3.63) is 66.5 Å². The summed E-state index contributed by atoms with van der Waals surface area (Å²) in [4.78, 5) is 15.5. The standard InChI is InChI=1S/C21H21N3O4S/c22-21(25)19-13-16(10-11-23-19)28-17-7-4-12-24(14-17)29(26,27)20-9-3-6-15-5-1-2-8-18(15)20/h1-3,5-6,8-11,13,17H,4,7,12,14H2,(H2,22,25). The molecule has 0 radical (unpaired) electrons. The van der Waals surface area contributed by atoms with Gasteiger partial charge in [-0.25, -0.2) is 8.42 Å². The number of hydrogen-bond acceptors (Lipinski definition) is 5. The third-order valence-electron chi connectivity index (χ3n) is 4.99. The van der Waals surface area contributed by atoms with Crippen molar-refractivity contribution < 1.29 is 17.9 Å². The van der Waals surface area contributed by atoms with Crippen molar-refractivity contribution in [2.45, 2.75) is 23.8 Å². The highest BCUT2D eigenvalue weighted by Gasteiger charge is 2.32. The average Bonchev–Trinajstić information content (AvgIpc) is 2.73. The van der Waals surface area contributed by atoms with E-state index in [1.54, 1.807) is 18.2 Å². The molecule has 0 saturated carbocycles.